The maximum Gasteiger partial charge on any atom is 0.179 e. The number of ketones is 1. The van der Waals surface area contributed by atoms with Gasteiger partial charge < -0.3 is 10.4 Å². The molecule has 0 heterocycles. The summed E-state index contributed by atoms with van der Waals surface area (Å²) >= 11 is 6.19. The number of hydrogen-bond acceptors (Lipinski definition) is 3. The van der Waals surface area contributed by atoms with Gasteiger partial charge in [0.2, 0.25) is 0 Å². The Kier molecular flexibility index (Phi) is 8.49. The summed E-state index contributed by atoms with van der Waals surface area (Å²) in [7, 11) is 0. The van der Waals surface area contributed by atoms with Crippen LogP contribution in [0.4, 0.5) is 0 Å². The van der Waals surface area contributed by atoms with E-state index in [9.17, 15) is 4.79 Å². The minimum atomic E-state index is -0.255. The highest BCUT2D eigenvalue weighted by atomic mass is 35.5. The third-order valence-electron chi connectivity index (χ3n) is 2.98. The summed E-state index contributed by atoms with van der Waals surface area (Å²) in [6, 6.07) is 5.14. The van der Waals surface area contributed by atoms with E-state index in [0.717, 1.165) is 12.0 Å². The van der Waals surface area contributed by atoms with Crippen molar-refractivity contribution >= 4 is 29.8 Å². The first kappa shape index (κ1) is 20.4. The number of Topliss-reactive ketones (excluding diaryl/α,β-unsaturated/α-hetero) is 1. The van der Waals surface area contributed by atoms with Crippen molar-refractivity contribution in [2.45, 2.75) is 52.1 Å². The van der Waals surface area contributed by atoms with Crippen LogP contribution in [0, 0.1) is 0 Å². The third-order valence-corrected chi connectivity index (χ3v) is 3.34. The van der Waals surface area contributed by atoms with Crippen LogP contribution in [-0.4, -0.2) is 29.1 Å². The summed E-state index contributed by atoms with van der Waals surface area (Å²) in [6.07, 6.45) is 1.40. The predicted octanol–water partition coefficient (Wildman–Crippen LogP) is 3.65. The van der Waals surface area contributed by atoms with Gasteiger partial charge in [-0.05, 0) is 52.2 Å². The number of benzene rings is 1. The Morgan fingerprint density at radius 2 is 2.00 bits per heavy atom. The first-order chi connectivity index (χ1) is 9.24. The summed E-state index contributed by atoms with van der Waals surface area (Å²) in [5.74, 6) is 0.0375. The lowest BCUT2D eigenvalue weighted by Gasteiger charge is -2.25. The van der Waals surface area contributed by atoms with Gasteiger partial charge in [0.25, 0.3) is 0 Å². The van der Waals surface area contributed by atoms with Crippen molar-refractivity contribution in [3.8, 4) is 0 Å². The Morgan fingerprint density at radius 1 is 1.38 bits per heavy atom. The quantitative estimate of drug-likeness (QED) is 0.781. The number of rotatable bonds is 6. The van der Waals surface area contributed by atoms with E-state index in [1.165, 1.54) is 0 Å². The first-order valence-corrected chi connectivity index (χ1v) is 7.33. The molecule has 1 aromatic carbocycles. The van der Waals surface area contributed by atoms with Crippen LogP contribution in [0.15, 0.2) is 18.2 Å². The van der Waals surface area contributed by atoms with E-state index in [0.29, 0.717) is 17.0 Å². The van der Waals surface area contributed by atoms with E-state index in [-0.39, 0.29) is 36.4 Å². The highest BCUT2D eigenvalue weighted by molar-refractivity contribution is 6.31. The molecule has 0 aliphatic heterocycles. The monoisotopic (exact) mass is 333 g/mol. The number of aliphatic hydroxyl groups excluding tert-OH is 1. The maximum absolute atomic E-state index is 12.3. The second-order valence-corrected chi connectivity index (χ2v) is 6.52. The van der Waals surface area contributed by atoms with Crippen molar-refractivity contribution in [1.82, 2.24) is 5.32 Å². The Labute approximate surface area is 138 Å². The zero-order chi connectivity index (χ0) is 15.3. The molecule has 1 atom stereocenters. The number of halogens is 2. The first-order valence-electron chi connectivity index (χ1n) is 6.96. The van der Waals surface area contributed by atoms with Crippen LogP contribution in [-0.2, 0) is 6.42 Å². The average molecular weight is 334 g/mol. The van der Waals surface area contributed by atoms with Crippen molar-refractivity contribution in [3.63, 3.8) is 0 Å². The predicted molar refractivity (Wildman–Crippen MR) is 90.8 cm³/mol. The Balaban J connectivity index is 0.00000400. The zero-order valence-corrected chi connectivity index (χ0v) is 14.6. The van der Waals surface area contributed by atoms with Gasteiger partial charge in [0.05, 0.1) is 6.04 Å². The number of nitrogens with one attached hydrogen (secondary N) is 1. The van der Waals surface area contributed by atoms with Gasteiger partial charge >= 0.3 is 0 Å². The van der Waals surface area contributed by atoms with Gasteiger partial charge in [-0.25, -0.2) is 0 Å². The Bertz CT molecular complexity index is 470. The molecule has 5 heteroatoms. The standard InChI is InChI=1S/C16H24ClNO2.ClH/c1-11(18-16(2,3)4)15(20)13-8-7-12(6-5-9-19)14(17)10-13;/h7-8,10-11,18-19H,5-6,9H2,1-4H3;1H. The molecule has 3 nitrogen and oxygen atoms in total. The molecule has 0 aliphatic carbocycles. The van der Waals surface area contributed by atoms with E-state index in [1.54, 1.807) is 6.07 Å². The molecule has 0 spiro atoms. The van der Waals surface area contributed by atoms with Crippen LogP contribution < -0.4 is 5.32 Å². The number of hydrogen-bond donors (Lipinski definition) is 2. The van der Waals surface area contributed by atoms with Crippen molar-refractivity contribution < 1.29 is 9.90 Å². The van der Waals surface area contributed by atoms with Gasteiger partial charge in [0.15, 0.2) is 5.78 Å². The third kappa shape index (κ3) is 6.79. The molecule has 0 bridgehead atoms. The fourth-order valence-electron chi connectivity index (χ4n) is 2.14. The van der Waals surface area contributed by atoms with Gasteiger partial charge in [-0.3, -0.25) is 4.79 Å². The summed E-state index contributed by atoms with van der Waals surface area (Å²) in [4.78, 5) is 12.3. The minimum Gasteiger partial charge on any atom is -0.396 e. The molecule has 1 unspecified atom stereocenters. The Morgan fingerprint density at radius 3 is 2.48 bits per heavy atom. The van der Waals surface area contributed by atoms with E-state index < -0.39 is 0 Å². The molecule has 0 saturated carbocycles. The average Bonchev–Trinajstić information content (AvgIpc) is 2.34. The van der Waals surface area contributed by atoms with E-state index in [1.807, 2.05) is 39.8 Å². The van der Waals surface area contributed by atoms with Crippen molar-refractivity contribution in [2.24, 2.45) is 0 Å². The number of carbonyl (C=O) groups is 1. The SMILES string of the molecule is CC(NC(C)(C)C)C(=O)c1ccc(CCCO)c(Cl)c1.Cl. The van der Waals surface area contributed by atoms with Gasteiger partial charge in [0.1, 0.15) is 0 Å². The summed E-state index contributed by atoms with van der Waals surface area (Å²) in [5.41, 5.74) is 1.47. The van der Waals surface area contributed by atoms with E-state index >= 15 is 0 Å². The van der Waals surface area contributed by atoms with Crippen LogP contribution in [0.2, 0.25) is 5.02 Å². The molecular weight excluding hydrogens is 309 g/mol. The highest BCUT2D eigenvalue weighted by Crippen LogP contribution is 2.20. The van der Waals surface area contributed by atoms with E-state index in [4.69, 9.17) is 16.7 Å². The summed E-state index contributed by atoms with van der Waals surface area (Å²) < 4.78 is 0. The van der Waals surface area contributed by atoms with Gasteiger partial charge in [-0.2, -0.15) is 0 Å². The lowest BCUT2D eigenvalue weighted by atomic mass is 9.99. The molecule has 0 saturated heterocycles. The number of aryl methyl sites for hydroxylation is 1. The molecule has 2 N–H and O–H groups in total. The fraction of sp³-hybridized carbons (Fsp3) is 0.562. The van der Waals surface area contributed by atoms with Crippen molar-refractivity contribution in [1.29, 1.82) is 0 Å². The summed E-state index contributed by atoms with van der Waals surface area (Å²) in [6.45, 7) is 8.09. The molecule has 21 heavy (non-hydrogen) atoms. The van der Waals surface area contributed by atoms with E-state index in [2.05, 4.69) is 5.32 Å². The molecular formula is C16H25Cl2NO2. The fourth-order valence-corrected chi connectivity index (χ4v) is 2.41. The van der Waals surface area contributed by atoms with Crippen LogP contribution in [0.3, 0.4) is 0 Å². The molecule has 1 rings (SSSR count). The highest BCUT2D eigenvalue weighted by Gasteiger charge is 2.21. The van der Waals surface area contributed by atoms with Gasteiger partial charge in [0, 0.05) is 22.7 Å². The molecule has 0 radical (unpaired) electrons. The van der Waals surface area contributed by atoms with Crippen LogP contribution >= 0.6 is 24.0 Å². The van der Waals surface area contributed by atoms with Crippen molar-refractivity contribution in [2.75, 3.05) is 6.61 Å². The second kappa shape index (κ2) is 8.74. The number of aliphatic hydroxyl groups is 1. The smallest absolute Gasteiger partial charge is 0.179 e. The van der Waals surface area contributed by atoms with Gasteiger partial charge in [-0.15, -0.1) is 12.4 Å². The zero-order valence-electron chi connectivity index (χ0n) is 13.1. The lowest BCUT2D eigenvalue weighted by Crippen LogP contribution is -2.46. The largest absolute Gasteiger partial charge is 0.396 e. The summed E-state index contributed by atoms with van der Waals surface area (Å²) in [5, 5.41) is 12.7. The number of carbonyl (C=O) groups excluding carboxylic acids is 1. The molecule has 1 aromatic rings. The van der Waals surface area contributed by atoms with Crippen LogP contribution in [0.5, 0.6) is 0 Å². The molecule has 0 aliphatic rings. The van der Waals surface area contributed by atoms with Gasteiger partial charge in [-0.1, -0.05) is 23.7 Å². The molecule has 0 amide bonds. The molecule has 0 aromatic heterocycles. The topological polar surface area (TPSA) is 49.3 Å². The van der Waals surface area contributed by atoms with Crippen molar-refractivity contribution in [3.05, 3.63) is 34.3 Å². The molecule has 120 valence electrons. The van der Waals surface area contributed by atoms with Crippen LogP contribution in [0.1, 0.15) is 50.0 Å². The van der Waals surface area contributed by atoms with Crippen LogP contribution in [0.25, 0.3) is 0 Å². The molecule has 0 fully saturated rings. The second-order valence-electron chi connectivity index (χ2n) is 6.11. The normalized spacial score (nSPS) is 12.7. The lowest BCUT2D eigenvalue weighted by molar-refractivity contribution is 0.0935. The maximum atomic E-state index is 12.3. The Hall–Kier alpha value is -0.610. The minimum absolute atomic E-state index is 0.